The first-order valence-electron chi connectivity index (χ1n) is 6.19. The molecule has 5 heteroatoms. The first-order chi connectivity index (χ1) is 10.0. The van der Waals surface area contributed by atoms with E-state index < -0.39 is 0 Å². The minimum absolute atomic E-state index is 0.0446. The van der Waals surface area contributed by atoms with Crippen molar-refractivity contribution in [3.63, 3.8) is 0 Å². The van der Waals surface area contributed by atoms with Gasteiger partial charge >= 0.3 is 0 Å². The molecule has 0 aliphatic rings. The van der Waals surface area contributed by atoms with Crippen LogP contribution in [0.5, 0.6) is 5.75 Å². The average molecular weight is 411 g/mol. The normalized spacial score (nSPS) is 10.9. The minimum atomic E-state index is 0.0446. The Hall–Kier alpha value is -1.46. The number of ketones is 1. The SMILES string of the molecule is COc1c(Br)cc(Br)cc1C=Nc1ccc(C(C)=O)cc1. The van der Waals surface area contributed by atoms with Crippen LogP contribution in [0.3, 0.4) is 0 Å². The van der Waals surface area contributed by atoms with Gasteiger partial charge in [-0.15, -0.1) is 0 Å². The number of halogens is 2. The number of carbonyl (C=O) groups excluding carboxylic acids is 1. The predicted molar refractivity (Wildman–Crippen MR) is 92.1 cm³/mol. The number of carbonyl (C=O) groups is 1. The van der Waals surface area contributed by atoms with E-state index in [9.17, 15) is 4.79 Å². The quantitative estimate of drug-likeness (QED) is 0.514. The Morgan fingerprint density at radius 3 is 2.43 bits per heavy atom. The third-order valence-electron chi connectivity index (χ3n) is 2.87. The Morgan fingerprint density at radius 2 is 1.86 bits per heavy atom. The number of hydrogen-bond acceptors (Lipinski definition) is 3. The van der Waals surface area contributed by atoms with Crippen molar-refractivity contribution in [2.45, 2.75) is 6.92 Å². The van der Waals surface area contributed by atoms with Crippen molar-refractivity contribution < 1.29 is 9.53 Å². The lowest BCUT2D eigenvalue weighted by molar-refractivity contribution is 0.101. The fourth-order valence-corrected chi connectivity index (χ4v) is 3.24. The molecule has 0 N–H and O–H groups in total. The Balaban J connectivity index is 2.31. The van der Waals surface area contributed by atoms with Gasteiger partial charge in [0.2, 0.25) is 0 Å². The van der Waals surface area contributed by atoms with E-state index in [1.807, 2.05) is 24.3 Å². The van der Waals surface area contributed by atoms with E-state index >= 15 is 0 Å². The highest BCUT2D eigenvalue weighted by Crippen LogP contribution is 2.32. The molecule has 0 atom stereocenters. The third-order valence-corrected chi connectivity index (χ3v) is 3.91. The summed E-state index contributed by atoms with van der Waals surface area (Å²) in [4.78, 5) is 15.6. The molecule has 2 rings (SSSR count). The van der Waals surface area contributed by atoms with Crippen LogP contribution >= 0.6 is 31.9 Å². The molecular weight excluding hydrogens is 398 g/mol. The second kappa shape index (κ2) is 7.00. The van der Waals surface area contributed by atoms with E-state index in [4.69, 9.17) is 4.74 Å². The zero-order valence-corrected chi connectivity index (χ0v) is 14.7. The molecular formula is C16H13Br2NO2. The molecule has 0 aliphatic heterocycles. The summed E-state index contributed by atoms with van der Waals surface area (Å²) in [6.45, 7) is 1.54. The van der Waals surface area contributed by atoms with Gasteiger partial charge in [-0.25, -0.2) is 0 Å². The molecule has 3 nitrogen and oxygen atoms in total. The Kier molecular flexibility index (Phi) is 5.31. The highest BCUT2D eigenvalue weighted by Gasteiger charge is 2.07. The summed E-state index contributed by atoms with van der Waals surface area (Å²) in [5.41, 5.74) is 2.31. The van der Waals surface area contributed by atoms with Crippen LogP contribution < -0.4 is 4.74 Å². The maximum atomic E-state index is 11.2. The monoisotopic (exact) mass is 409 g/mol. The van der Waals surface area contributed by atoms with Crippen LogP contribution in [0.1, 0.15) is 22.8 Å². The summed E-state index contributed by atoms with van der Waals surface area (Å²) in [5, 5.41) is 0. The zero-order valence-electron chi connectivity index (χ0n) is 11.6. The molecule has 0 saturated heterocycles. The maximum Gasteiger partial charge on any atom is 0.159 e. The van der Waals surface area contributed by atoms with Gasteiger partial charge in [-0.1, -0.05) is 15.9 Å². The average Bonchev–Trinajstić information content (AvgIpc) is 2.45. The van der Waals surface area contributed by atoms with Crippen molar-refractivity contribution in [3.05, 3.63) is 56.5 Å². The Bertz CT molecular complexity index is 694. The lowest BCUT2D eigenvalue weighted by Crippen LogP contribution is -1.92. The van der Waals surface area contributed by atoms with Crippen LogP contribution in [-0.2, 0) is 0 Å². The minimum Gasteiger partial charge on any atom is -0.495 e. The van der Waals surface area contributed by atoms with Crippen molar-refractivity contribution >= 4 is 49.5 Å². The molecule has 21 heavy (non-hydrogen) atoms. The standard InChI is InChI=1S/C16H13Br2NO2/c1-10(20)11-3-5-14(6-4-11)19-9-12-7-13(17)8-15(18)16(12)21-2/h3-9H,1-2H3. The van der Waals surface area contributed by atoms with Gasteiger partial charge in [0.05, 0.1) is 17.3 Å². The molecule has 0 fully saturated rings. The van der Waals surface area contributed by atoms with Gasteiger partial charge in [0.15, 0.2) is 5.78 Å². The van der Waals surface area contributed by atoms with Crippen molar-refractivity contribution in [2.24, 2.45) is 4.99 Å². The van der Waals surface area contributed by atoms with Gasteiger partial charge in [0.1, 0.15) is 5.75 Å². The summed E-state index contributed by atoms with van der Waals surface area (Å²) in [5.74, 6) is 0.769. The van der Waals surface area contributed by atoms with Gasteiger partial charge in [-0.2, -0.15) is 0 Å². The van der Waals surface area contributed by atoms with Crippen LogP contribution in [0.25, 0.3) is 0 Å². The number of aliphatic imine (C=N–C) groups is 1. The van der Waals surface area contributed by atoms with Gasteiger partial charge < -0.3 is 4.74 Å². The fraction of sp³-hybridized carbons (Fsp3) is 0.125. The number of Topliss-reactive ketones (excluding diaryl/α,β-unsaturated/α-hetero) is 1. The van der Waals surface area contributed by atoms with E-state index in [0.717, 1.165) is 25.9 Å². The molecule has 2 aromatic carbocycles. The number of benzene rings is 2. The molecule has 108 valence electrons. The predicted octanol–water partition coefficient (Wildman–Crippen LogP) is 5.17. The number of nitrogens with zero attached hydrogens (tertiary/aromatic N) is 1. The second-order valence-corrected chi connectivity index (χ2v) is 6.14. The Labute approximate surface area is 140 Å². The summed E-state index contributed by atoms with van der Waals surface area (Å²) < 4.78 is 7.15. The molecule has 0 heterocycles. The van der Waals surface area contributed by atoms with E-state index in [1.54, 1.807) is 32.4 Å². The van der Waals surface area contributed by atoms with Crippen LogP contribution in [0.2, 0.25) is 0 Å². The number of rotatable bonds is 4. The molecule has 0 unspecified atom stereocenters. The van der Waals surface area contributed by atoms with E-state index in [-0.39, 0.29) is 5.78 Å². The summed E-state index contributed by atoms with van der Waals surface area (Å²) in [6, 6.07) is 11.0. The maximum absolute atomic E-state index is 11.2. The topological polar surface area (TPSA) is 38.7 Å². The zero-order chi connectivity index (χ0) is 15.4. The molecule has 0 bridgehead atoms. The number of ether oxygens (including phenoxy) is 1. The van der Waals surface area contributed by atoms with Gasteiger partial charge in [-0.3, -0.25) is 9.79 Å². The molecule has 0 saturated carbocycles. The van der Waals surface area contributed by atoms with Crippen molar-refractivity contribution in [1.29, 1.82) is 0 Å². The first-order valence-corrected chi connectivity index (χ1v) is 7.78. The van der Waals surface area contributed by atoms with Gasteiger partial charge in [0, 0.05) is 21.8 Å². The van der Waals surface area contributed by atoms with Gasteiger partial charge in [0.25, 0.3) is 0 Å². The largest absolute Gasteiger partial charge is 0.495 e. The van der Waals surface area contributed by atoms with Crippen molar-refractivity contribution in [2.75, 3.05) is 7.11 Å². The summed E-state index contributed by atoms with van der Waals surface area (Å²) in [7, 11) is 1.62. The van der Waals surface area contributed by atoms with Crippen LogP contribution in [0.15, 0.2) is 50.3 Å². The fourth-order valence-electron chi connectivity index (χ4n) is 1.82. The number of hydrogen-bond donors (Lipinski definition) is 0. The Morgan fingerprint density at radius 1 is 1.19 bits per heavy atom. The van der Waals surface area contributed by atoms with Crippen LogP contribution in [-0.4, -0.2) is 19.1 Å². The van der Waals surface area contributed by atoms with Gasteiger partial charge in [-0.05, 0) is 59.3 Å². The lowest BCUT2D eigenvalue weighted by Gasteiger charge is -2.07. The molecule has 0 aromatic heterocycles. The molecule has 0 aliphatic carbocycles. The highest BCUT2D eigenvalue weighted by molar-refractivity contribution is 9.11. The smallest absolute Gasteiger partial charge is 0.159 e. The molecule has 2 aromatic rings. The summed E-state index contributed by atoms with van der Waals surface area (Å²) >= 11 is 6.90. The molecule has 0 spiro atoms. The van der Waals surface area contributed by atoms with Crippen LogP contribution in [0.4, 0.5) is 5.69 Å². The summed E-state index contributed by atoms with van der Waals surface area (Å²) in [6.07, 6.45) is 1.73. The number of methoxy groups -OCH3 is 1. The van der Waals surface area contributed by atoms with E-state index in [1.165, 1.54) is 0 Å². The lowest BCUT2D eigenvalue weighted by atomic mass is 10.1. The molecule has 0 amide bonds. The van der Waals surface area contributed by atoms with E-state index in [0.29, 0.717) is 5.56 Å². The highest BCUT2D eigenvalue weighted by atomic mass is 79.9. The van der Waals surface area contributed by atoms with E-state index in [2.05, 4.69) is 36.9 Å². The third kappa shape index (κ3) is 4.02. The first kappa shape index (κ1) is 15.9. The van der Waals surface area contributed by atoms with Crippen molar-refractivity contribution in [3.8, 4) is 5.75 Å². The molecule has 0 radical (unpaired) electrons. The second-order valence-electron chi connectivity index (χ2n) is 4.37. The van der Waals surface area contributed by atoms with Crippen LogP contribution in [0, 0.1) is 0 Å². The van der Waals surface area contributed by atoms with Crippen molar-refractivity contribution in [1.82, 2.24) is 0 Å².